The quantitative estimate of drug-likeness (QED) is 0.350. The largest absolute Gasteiger partial charge is 0.317 e. The van der Waals surface area contributed by atoms with Gasteiger partial charge in [0.1, 0.15) is 0 Å². The minimum absolute atomic E-state index is 0.257. The lowest BCUT2D eigenvalue weighted by atomic mass is 9.81. The second kappa shape index (κ2) is 2.78. The van der Waals surface area contributed by atoms with Crippen molar-refractivity contribution in [2.75, 3.05) is 13.1 Å². The van der Waals surface area contributed by atoms with Gasteiger partial charge in [0, 0.05) is 0 Å². The fraction of sp³-hybridized carbons (Fsp3) is 1.00. The van der Waals surface area contributed by atoms with Crippen LogP contribution in [0.4, 0.5) is 0 Å². The molecule has 44 valence electrons. The Hall–Kier alpha value is 0.375. The van der Waals surface area contributed by atoms with E-state index in [0.717, 1.165) is 19.5 Å². The van der Waals surface area contributed by atoms with Crippen LogP contribution < -0.4 is 5.32 Å². The first kappa shape index (κ1) is 6.49. The standard InChI is InChI=1S/C5H10BNS/c6-4-3-7-2-1-5(4)8/h4-5,7-8H,1-3H2. The highest BCUT2D eigenvalue weighted by Crippen LogP contribution is 2.18. The van der Waals surface area contributed by atoms with Crippen LogP contribution >= 0.6 is 12.6 Å². The molecular weight excluding hydrogens is 117 g/mol. The maximum Gasteiger partial charge on any atom is 0.0731 e. The smallest absolute Gasteiger partial charge is 0.0731 e. The highest BCUT2D eigenvalue weighted by atomic mass is 32.1. The van der Waals surface area contributed by atoms with Crippen molar-refractivity contribution in [2.24, 2.45) is 0 Å². The van der Waals surface area contributed by atoms with E-state index in [1.807, 2.05) is 0 Å². The summed E-state index contributed by atoms with van der Waals surface area (Å²) < 4.78 is 0. The molecule has 0 aromatic rings. The molecular formula is C5H10BNS. The molecule has 1 saturated heterocycles. The van der Waals surface area contributed by atoms with E-state index in [1.165, 1.54) is 0 Å². The van der Waals surface area contributed by atoms with Gasteiger partial charge in [-0.2, -0.15) is 12.6 Å². The van der Waals surface area contributed by atoms with Crippen molar-refractivity contribution < 1.29 is 0 Å². The molecule has 0 aromatic heterocycles. The summed E-state index contributed by atoms with van der Waals surface area (Å²) in [6, 6.07) is 0. The first-order valence-electron chi connectivity index (χ1n) is 2.95. The third kappa shape index (κ3) is 1.42. The maximum atomic E-state index is 5.64. The predicted octanol–water partition coefficient (Wildman–Crippen LogP) is 0.235. The number of thiol groups is 1. The third-order valence-corrected chi connectivity index (χ3v) is 2.13. The minimum atomic E-state index is 0.257. The summed E-state index contributed by atoms with van der Waals surface area (Å²) in [7, 11) is 5.64. The molecule has 0 bridgehead atoms. The van der Waals surface area contributed by atoms with Gasteiger partial charge >= 0.3 is 0 Å². The zero-order valence-electron chi connectivity index (χ0n) is 4.80. The topological polar surface area (TPSA) is 12.0 Å². The highest BCUT2D eigenvalue weighted by molar-refractivity contribution is 7.81. The van der Waals surface area contributed by atoms with Crippen LogP contribution in [0.25, 0.3) is 0 Å². The first-order valence-corrected chi connectivity index (χ1v) is 3.46. The van der Waals surface area contributed by atoms with Crippen molar-refractivity contribution in [3.05, 3.63) is 0 Å². The molecule has 1 heterocycles. The second-order valence-electron chi connectivity index (χ2n) is 2.22. The molecule has 0 aliphatic carbocycles. The van der Waals surface area contributed by atoms with Crippen molar-refractivity contribution in [3.63, 3.8) is 0 Å². The van der Waals surface area contributed by atoms with Crippen LogP contribution in [0.5, 0.6) is 0 Å². The summed E-state index contributed by atoms with van der Waals surface area (Å²) in [6.45, 7) is 2.00. The van der Waals surface area contributed by atoms with Gasteiger partial charge in [-0.15, -0.1) is 0 Å². The Morgan fingerprint density at radius 3 is 2.75 bits per heavy atom. The van der Waals surface area contributed by atoms with E-state index in [1.54, 1.807) is 0 Å². The highest BCUT2D eigenvalue weighted by Gasteiger charge is 2.15. The Morgan fingerprint density at radius 2 is 2.38 bits per heavy atom. The first-order chi connectivity index (χ1) is 3.80. The Labute approximate surface area is 57.0 Å². The number of piperidine rings is 1. The number of nitrogens with one attached hydrogen (secondary N) is 1. The molecule has 1 nitrogen and oxygen atoms in total. The molecule has 1 rings (SSSR count). The molecule has 2 atom stereocenters. The van der Waals surface area contributed by atoms with E-state index in [0.29, 0.717) is 5.25 Å². The van der Waals surface area contributed by atoms with Crippen LogP contribution in [-0.2, 0) is 0 Å². The lowest BCUT2D eigenvalue weighted by molar-refractivity contribution is 0.533. The minimum Gasteiger partial charge on any atom is -0.317 e. The van der Waals surface area contributed by atoms with Crippen LogP contribution in [0, 0.1) is 0 Å². The van der Waals surface area contributed by atoms with Crippen LogP contribution in [0.15, 0.2) is 0 Å². The average molecular weight is 127 g/mol. The van der Waals surface area contributed by atoms with Gasteiger partial charge in [0.25, 0.3) is 0 Å². The molecule has 3 heteroatoms. The molecule has 8 heavy (non-hydrogen) atoms. The normalized spacial score (nSPS) is 39.6. The molecule has 0 amide bonds. The predicted molar refractivity (Wildman–Crippen MR) is 39.8 cm³/mol. The van der Waals surface area contributed by atoms with Crippen LogP contribution in [0.1, 0.15) is 6.42 Å². The van der Waals surface area contributed by atoms with Crippen molar-refractivity contribution in [2.45, 2.75) is 17.5 Å². The SMILES string of the molecule is [B]C1CNCCC1S. The van der Waals surface area contributed by atoms with Gasteiger partial charge in [-0.05, 0) is 24.8 Å². The van der Waals surface area contributed by atoms with Crippen molar-refractivity contribution in [1.29, 1.82) is 0 Å². The van der Waals surface area contributed by atoms with Gasteiger partial charge in [-0.3, -0.25) is 0 Å². The molecule has 0 spiro atoms. The summed E-state index contributed by atoms with van der Waals surface area (Å²) in [5, 5.41) is 3.60. The van der Waals surface area contributed by atoms with E-state index >= 15 is 0 Å². The lowest BCUT2D eigenvalue weighted by Crippen LogP contribution is -2.33. The Morgan fingerprint density at radius 1 is 1.62 bits per heavy atom. The fourth-order valence-corrected chi connectivity index (χ4v) is 1.10. The summed E-state index contributed by atoms with van der Waals surface area (Å²) in [5.41, 5.74) is 0. The van der Waals surface area contributed by atoms with E-state index in [9.17, 15) is 0 Å². The van der Waals surface area contributed by atoms with E-state index < -0.39 is 0 Å². The summed E-state index contributed by atoms with van der Waals surface area (Å²) in [4.78, 5) is 0. The van der Waals surface area contributed by atoms with Crippen molar-refractivity contribution >= 4 is 20.5 Å². The fourth-order valence-electron chi connectivity index (χ4n) is 0.869. The lowest BCUT2D eigenvalue weighted by Gasteiger charge is -2.25. The van der Waals surface area contributed by atoms with Crippen molar-refractivity contribution in [1.82, 2.24) is 5.32 Å². The Balaban J connectivity index is 2.28. The molecule has 0 aromatic carbocycles. The summed E-state index contributed by atoms with van der Waals surface area (Å²) >= 11 is 4.29. The zero-order chi connectivity index (χ0) is 5.98. The molecule has 1 aliphatic heterocycles. The Bertz CT molecular complexity index is 68.8. The summed E-state index contributed by atoms with van der Waals surface area (Å²) in [6.07, 6.45) is 1.10. The van der Waals surface area contributed by atoms with Gasteiger partial charge in [0.2, 0.25) is 0 Å². The summed E-state index contributed by atoms with van der Waals surface area (Å²) in [5.74, 6) is 0.257. The second-order valence-corrected chi connectivity index (χ2v) is 2.89. The maximum absolute atomic E-state index is 5.64. The van der Waals surface area contributed by atoms with E-state index in [2.05, 4.69) is 17.9 Å². The van der Waals surface area contributed by atoms with Crippen LogP contribution in [-0.4, -0.2) is 26.2 Å². The molecule has 1 N–H and O–H groups in total. The monoisotopic (exact) mass is 127 g/mol. The van der Waals surface area contributed by atoms with Gasteiger partial charge in [-0.1, -0.05) is 5.82 Å². The average Bonchev–Trinajstić information content (AvgIpc) is 1.77. The van der Waals surface area contributed by atoms with E-state index in [-0.39, 0.29) is 5.82 Å². The molecule has 1 aliphatic rings. The van der Waals surface area contributed by atoms with Gasteiger partial charge < -0.3 is 5.32 Å². The number of rotatable bonds is 0. The number of hydrogen-bond acceptors (Lipinski definition) is 2. The van der Waals surface area contributed by atoms with Crippen LogP contribution in [0.3, 0.4) is 0 Å². The van der Waals surface area contributed by atoms with Gasteiger partial charge in [0.05, 0.1) is 7.85 Å². The zero-order valence-corrected chi connectivity index (χ0v) is 5.70. The van der Waals surface area contributed by atoms with Gasteiger partial charge in [0.15, 0.2) is 0 Å². The Kier molecular flexibility index (Phi) is 2.26. The van der Waals surface area contributed by atoms with E-state index in [4.69, 9.17) is 7.85 Å². The molecule has 0 saturated carbocycles. The van der Waals surface area contributed by atoms with Crippen molar-refractivity contribution in [3.8, 4) is 0 Å². The number of hydrogen-bond donors (Lipinski definition) is 2. The third-order valence-electron chi connectivity index (χ3n) is 1.49. The molecule has 2 radical (unpaired) electrons. The molecule has 2 unspecified atom stereocenters. The molecule has 1 fully saturated rings. The van der Waals surface area contributed by atoms with Gasteiger partial charge in [-0.25, -0.2) is 0 Å². The van der Waals surface area contributed by atoms with Crippen LogP contribution in [0.2, 0.25) is 5.82 Å².